The van der Waals surface area contributed by atoms with Crippen LogP contribution in [-0.4, -0.2) is 18.0 Å². The third-order valence-electron chi connectivity index (χ3n) is 4.20. The number of nitrogens with zero attached hydrogens (tertiary/aromatic N) is 1. The lowest BCUT2D eigenvalue weighted by molar-refractivity contribution is 0.102. The Hall–Kier alpha value is -3.15. The molecule has 0 unspecified atom stereocenters. The molecule has 6 heteroatoms. The van der Waals surface area contributed by atoms with E-state index in [1.165, 1.54) is 0 Å². The summed E-state index contributed by atoms with van der Waals surface area (Å²) in [6.45, 7) is 3.87. The van der Waals surface area contributed by atoms with Gasteiger partial charge < -0.3 is 14.5 Å². The number of fused-ring (bicyclic) bond motifs is 1. The van der Waals surface area contributed by atoms with E-state index in [0.29, 0.717) is 28.8 Å². The fourth-order valence-electron chi connectivity index (χ4n) is 2.86. The van der Waals surface area contributed by atoms with Gasteiger partial charge in [-0.1, -0.05) is 13.3 Å². The van der Waals surface area contributed by atoms with Crippen molar-refractivity contribution >= 4 is 22.6 Å². The summed E-state index contributed by atoms with van der Waals surface area (Å²) in [6, 6.07) is 6.85. The van der Waals surface area contributed by atoms with Crippen LogP contribution >= 0.6 is 0 Å². The highest BCUT2D eigenvalue weighted by Gasteiger charge is 2.17. The van der Waals surface area contributed by atoms with E-state index in [9.17, 15) is 9.59 Å². The first-order valence-electron chi connectivity index (χ1n) is 8.40. The first-order valence-corrected chi connectivity index (χ1v) is 8.40. The van der Waals surface area contributed by atoms with Crippen LogP contribution in [0, 0.1) is 6.92 Å². The van der Waals surface area contributed by atoms with Gasteiger partial charge in [0.05, 0.1) is 7.11 Å². The third-order valence-corrected chi connectivity index (χ3v) is 4.20. The maximum atomic E-state index is 12.5. The first-order chi connectivity index (χ1) is 12.5. The van der Waals surface area contributed by atoms with Crippen LogP contribution in [0.4, 0.5) is 5.69 Å². The minimum Gasteiger partial charge on any atom is -0.496 e. The maximum Gasteiger partial charge on any atom is 0.349 e. The van der Waals surface area contributed by atoms with E-state index in [0.717, 1.165) is 17.5 Å². The molecule has 3 aromatic rings. The van der Waals surface area contributed by atoms with Gasteiger partial charge in [-0.3, -0.25) is 9.78 Å². The van der Waals surface area contributed by atoms with Crippen molar-refractivity contribution in [1.82, 2.24) is 4.98 Å². The number of anilines is 1. The van der Waals surface area contributed by atoms with Gasteiger partial charge in [-0.2, -0.15) is 0 Å². The van der Waals surface area contributed by atoms with E-state index in [4.69, 9.17) is 9.15 Å². The Morgan fingerprint density at radius 2 is 2.12 bits per heavy atom. The molecule has 0 saturated carbocycles. The number of ether oxygens (including phenoxy) is 1. The molecular formula is C20H20N2O4. The highest BCUT2D eigenvalue weighted by Crippen LogP contribution is 2.29. The highest BCUT2D eigenvalue weighted by atomic mass is 16.5. The molecule has 0 radical (unpaired) electrons. The van der Waals surface area contributed by atoms with E-state index in [1.807, 2.05) is 19.9 Å². The SMILES string of the molecule is CCCc1c(OC)ccc2cc(C(=O)Nc3ccncc3C)c(=O)oc12. The Morgan fingerprint density at radius 3 is 2.81 bits per heavy atom. The molecular weight excluding hydrogens is 332 g/mol. The summed E-state index contributed by atoms with van der Waals surface area (Å²) in [5, 5.41) is 3.42. The van der Waals surface area contributed by atoms with Crippen LogP contribution in [0.3, 0.4) is 0 Å². The van der Waals surface area contributed by atoms with Crippen molar-refractivity contribution in [2.45, 2.75) is 26.7 Å². The topological polar surface area (TPSA) is 81.4 Å². The number of aromatic nitrogens is 1. The molecule has 3 rings (SSSR count). The molecule has 1 amide bonds. The molecule has 0 aliphatic carbocycles. The fraction of sp³-hybridized carbons (Fsp3) is 0.250. The quantitative estimate of drug-likeness (QED) is 0.708. The number of hydrogen-bond donors (Lipinski definition) is 1. The molecule has 1 N–H and O–H groups in total. The highest BCUT2D eigenvalue weighted by molar-refractivity contribution is 6.05. The van der Waals surface area contributed by atoms with Crippen molar-refractivity contribution < 1.29 is 13.9 Å². The molecule has 0 bridgehead atoms. The largest absolute Gasteiger partial charge is 0.496 e. The molecule has 26 heavy (non-hydrogen) atoms. The van der Waals surface area contributed by atoms with Crippen LogP contribution in [0.2, 0.25) is 0 Å². The standard InChI is InChI=1S/C20H20N2O4/c1-4-5-14-17(25-3)7-6-13-10-15(20(24)26-18(13)14)19(23)22-16-8-9-21-11-12(16)2/h6-11H,4-5H2,1-3H3,(H,21,22,23). The number of methoxy groups -OCH3 is 1. The smallest absolute Gasteiger partial charge is 0.349 e. The van der Waals surface area contributed by atoms with Gasteiger partial charge in [0.25, 0.3) is 5.91 Å². The van der Waals surface area contributed by atoms with Crippen LogP contribution in [-0.2, 0) is 6.42 Å². The van der Waals surface area contributed by atoms with Gasteiger partial charge in [-0.25, -0.2) is 4.79 Å². The van der Waals surface area contributed by atoms with Crippen LogP contribution < -0.4 is 15.7 Å². The number of pyridine rings is 1. The van der Waals surface area contributed by atoms with Gasteiger partial charge >= 0.3 is 5.63 Å². The number of rotatable bonds is 5. The van der Waals surface area contributed by atoms with E-state index >= 15 is 0 Å². The summed E-state index contributed by atoms with van der Waals surface area (Å²) >= 11 is 0. The van der Waals surface area contributed by atoms with Crippen LogP contribution in [0.5, 0.6) is 5.75 Å². The number of benzene rings is 1. The van der Waals surface area contributed by atoms with E-state index in [-0.39, 0.29) is 5.56 Å². The van der Waals surface area contributed by atoms with Crippen LogP contribution in [0.25, 0.3) is 11.0 Å². The predicted molar refractivity (Wildman–Crippen MR) is 100.0 cm³/mol. The van der Waals surface area contributed by atoms with Crippen LogP contribution in [0.1, 0.15) is 34.8 Å². The number of carbonyl (C=O) groups excluding carboxylic acids is 1. The molecule has 6 nitrogen and oxygen atoms in total. The maximum absolute atomic E-state index is 12.5. The molecule has 1 aromatic carbocycles. The van der Waals surface area contributed by atoms with Crippen molar-refractivity contribution in [3.8, 4) is 5.75 Å². The number of nitrogens with one attached hydrogen (secondary N) is 1. The Bertz CT molecular complexity index is 1020. The molecule has 2 aromatic heterocycles. The van der Waals surface area contributed by atoms with Gasteiger partial charge in [-0.05, 0) is 43.2 Å². The molecule has 0 aliphatic heterocycles. The van der Waals surface area contributed by atoms with Crippen molar-refractivity contribution in [3.05, 3.63) is 63.8 Å². The summed E-state index contributed by atoms with van der Waals surface area (Å²) in [7, 11) is 1.58. The van der Waals surface area contributed by atoms with Gasteiger partial charge in [0.1, 0.15) is 16.9 Å². The Kier molecular flexibility index (Phi) is 5.02. The zero-order chi connectivity index (χ0) is 18.7. The normalized spacial score (nSPS) is 10.7. The monoisotopic (exact) mass is 352 g/mol. The summed E-state index contributed by atoms with van der Waals surface area (Å²) < 4.78 is 10.9. The molecule has 0 atom stereocenters. The van der Waals surface area contributed by atoms with E-state index in [2.05, 4.69) is 10.3 Å². The van der Waals surface area contributed by atoms with Crippen molar-refractivity contribution in [2.75, 3.05) is 12.4 Å². The van der Waals surface area contributed by atoms with E-state index in [1.54, 1.807) is 37.7 Å². The van der Waals surface area contributed by atoms with Crippen molar-refractivity contribution in [2.24, 2.45) is 0 Å². The number of carbonyl (C=O) groups is 1. The second-order valence-corrected chi connectivity index (χ2v) is 6.01. The summed E-state index contributed by atoms with van der Waals surface area (Å²) in [5.74, 6) is 0.162. The molecule has 2 heterocycles. The minimum atomic E-state index is -0.674. The summed E-state index contributed by atoms with van der Waals surface area (Å²) in [5.41, 5.74) is 2.00. The van der Waals surface area contributed by atoms with Crippen molar-refractivity contribution in [1.29, 1.82) is 0 Å². The molecule has 0 aliphatic rings. The average Bonchev–Trinajstić information content (AvgIpc) is 2.63. The summed E-state index contributed by atoms with van der Waals surface area (Å²) in [6.07, 6.45) is 4.81. The lowest BCUT2D eigenvalue weighted by Crippen LogP contribution is -2.21. The molecule has 134 valence electrons. The minimum absolute atomic E-state index is 0.0404. The van der Waals surface area contributed by atoms with Gasteiger partial charge in [0.15, 0.2) is 0 Å². The zero-order valence-corrected chi connectivity index (χ0v) is 15.0. The van der Waals surface area contributed by atoms with Gasteiger partial charge in [-0.15, -0.1) is 0 Å². The number of amides is 1. The second-order valence-electron chi connectivity index (χ2n) is 6.01. The lowest BCUT2D eigenvalue weighted by Gasteiger charge is -2.11. The molecule has 0 saturated heterocycles. The average molecular weight is 352 g/mol. The number of hydrogen-bond acceptors (Lipinski definition) is 5. The lowest BCUT2D eigenvalue weighted by atomic mass is 10.0. The third kappa shape index (κ3) is 3.31. The second kappa shape index (κ2) is 7.39. The zero-order valence-electron chi connectivity index (χ0n) is 15.0. The van der Waals surface area contributed by atoms with E-state index < -0.39 is 11.5 Å². The van der Waals surface area contributed by atoms with Gasteiger partial charge in [0.2, 0.25) is 0 Å². The summed E-state index contributed by atoms with van der Waals surface area (Å²) in [4.78, 5) is 29.0. The van der Waals surface area contributed by atoms with Crippen LogP contribution in [0.15, 0.2) is 45.9 Å². The van der Waals surface area contributed by atoms with Gasteiger partial charge in [0, 0.05) is 29.0 Å². The first kappa shape index (κ1) is 17.7. The Labute approximate surface area is 150 Å². The van der Waals surface area contributed by atoms with Crippen molar-refractivity contribution in [3.63, 3.8) is 0 Å². The Balaban J connectivity index is 2.05. The fourth-order valence-corrected chi connectivity index (χ4v) is 2.86. The predicted octanol–water partition coefficient (Wildman–Crippen LogP) is 3.71. The Morgan fingerprint density at radius 1 is 1.31 bits per heavy atom. The molecule has 0 fully saturated rings. The molecule has 0 spiro atoms. The number of aryl methyl sites for hydroxylation is 2.